The van der Waals surface area contributed by atoms with Crippen LogP contribution in [0.15, 0.2) is 11.4 Å². The first-order chi connectivity index (χ1) is 5.74. The topological polar surface area (TPSA) is 24.1 Å². The number of hydrogen-bond donors (Lipinski definition) is 2. The van der Waals surface area contributed by atoms with E-state index in [1.807, 2.05) is 7.05 Å². The van der Waals surface area contributed by atoms with E-state index < -0.39 is 0 Å². The number of thiophene rings is 1. The van der Waals surface area contributed by atoms with Crippen molar-refractivity contribution in [1.29, 1.82) is 0 Å². The zero-order valence-electron chi connectivity index (χ0n) is 7.18. The molecule has 0 fully saturated rings. The van der Waals surface area contributed by atoms with Gasteiger partial charge in [-0.25, -0.2) is 0 Å². The first-order valence-corrected chi connectivity index (χ1v) is 5.01. The molecule has 66 valence electrons. The monoisotopic (exact) mass is 200 g/mol. The highest BCUT2D eigenvalue weighted by Crippen LogP contribution is 2.14. The average Bonchev–Trinajstić information content (AvgIpc) is 2.47. The van der Waals surface area contributed by atoms with Crippen LogP contribution in [0, 0.1) is 6.92 Å². The Balaban J connectivity index is 2.43. The molecule has 0 aliphatic carbocycles. The molecule has 0 aliphatic heterocycles. The third-order valence-electron chi connectivity index (χ3n) is 1.60. The van der Waals surface area contributed by atoms with Gasteiger partial charge in [-0.1, -0.05) is 0 Å². The van der Waals surface area contributed by atoms with E-state index in [-0.39, 0.29) is 0 Å². The van der Waals surface area contributed by atoms with Crippen LogP contribution in [-0.4, -0.2) is 12.2 Å². The molecule has 1 heterocycles. The van der Waals surface area contributed by atoms with Crippen LogP contribution in [0.25, 0.3) is 0 Å². The Morgan fingerprint density at radius 2 is 2.42 bits per heavy atom. The van der Waals surface area contributed by atoms with Gasteiger partial charge in [0, 0.05) is 11.9 Å². The van der Waals surface area contributed by atoms with Crippen LogP contribution >= 0.6 is 23.6 Å². The summed E-state index contributed by atoms with van der Waals surface area (Å²) in [4.78, 5) is 1.34. The Kier molecular flexibility index (Phi) is 3.49. The van der Waals surface area contributed by atoms with Crippen molar-refractivity contribution >= 4 is 28.7 Å². The molecular formula is C8H12N2S2. The Bertz CT molecular complexity index is 268. The lowest BCUT2D eigenvalue weighted by Gasteiger charge is -2.05. The predicted molar refractivity (Wildman–Crippen MR) is 57.6 cm³/mol. The highest BCUT2D eigenvalue weighted by molar-refractivity contribution is 7.80. The zero-order chi connectivity index (χ0) is 8.97. The SMILES string of the molecule is CNC(=S)NCc1sccc1C. The second-order valence-corrected chi connectivity index (χ2v) is 3.87. The van der Waals surface area contributed by atoms with E-state index in [1.165, 1.54) is 10.4 Å². The summed E-state index contributed by atoms with van der Waals surface area (Å²) in [5, 5.41) is 8.77. The molecule has 0 aromatic carbocycles. The van der Waals surface area contributed by atoms with Crippen LogP contribution in [0.2, 0.25) is 0 Å². The van der Waals surface area contributed by atoms with Gasteiger partial charge in [-0.2, -0.15) is 0 Å². The molecule has 0 unspecified atom stereocenters. The largest absolute Gasteiger partial charge is 0.366 e. The minimum atomic E-state index is 0.697. The van der Waals surface area contributed by atoms with Crippen molar-refractivity contribution in [1.82, 2.24) is 10.6 Å². The number of hydrogen-bond acceptors (Lipinski definition) is 2. The molecule has 0 bridgehead atoms. The van der Waals surface area contributed by atoms with E-state index in [2.05, 4.69) is 29.0 Å². The van der Waals surface area contributed by atoms with E-state index in [0.29, 0.717) is 5.11 Å². The summed E-state index contributed by atoms with van der Waals surface area (Å²) < 4.78 is 0. The van der Waals surface area contributed by atoms with Gasteiger partial charge in [-0.05, 0) is 36.2 Å². The first kappa shape index (κ1) is 9.48. The van der Waals surface area contributed by atoms with Crippen molar-refractivity contribution in [2.75, 3.05) is 7.05 Å². The molecule has 1 aromatic heterocycles. The number of thiocarbonyl (C=S) groups is 1. The molecule has 1 aromatic rings. The van der Waals surface area contributed by atoms with Gasteiger partial charge in [0.25, 0.3) is 0 Å². The van der Waals surface area contributed by atoms with E-state index in [4.69, 9.17) is 12.2 Å². The molecule has 12 heavy (non-hydrogen) atoms. The third-order valence-corrected chi connectivity index (χ3v) is 2.98. The van der Waals surface area contributed by atoms with Gasteiger partial charge < -0.3 is 10.6 Å². The summed E-state index contributed by atoms with van der Waals surface area (Å²) in [7, 11) is 1.82. The zero-order valence-corrected chi connectivity index (χ0v) is 8.81. The van der Waals surface area contributed by atoms with Crippen LogP contribution in [0.1, 0.15) is 10.4 Å². The summed E-state index contributed by atoms with van der Waals surface area (Å²) in [6, 6.07) is 2.12. The molecule has 0 atom stereocenters. The van der Waals surface area contributed by atoms with Crippen LogP contribution in [0.4, 0.5) is 0 Å². The van der Waals surface area contributed by atoms with Crippen molar-refractivity contribution < 1.29 is 0 Å². The van der Waals surface area contributed by atoms with Crippen LogP contribution in [0.3, 0.4) is 0 Å². The van der Waals surface area contributed by atoms with Crippen LogP contribution in [-0.2, 0) is 6.54 Å². The molecule has 2 nitrogen and oxygen atoms in total. The quantitative estimate of drug-likeness (QED) is 0.710. The Morgan fingerprint density at radius 1 is 1.67 bits per heavy atom. The maximum atomic E-state index is 4.95. The van der Waals surface area contributed by atoms with Gasteiger partial charge in [0.15, 0.2) is 5.11 Å². The predicted octanol–water partition coefficient (Wildman–Crippen LogP) is 1.65. The van der Waals surface area contributed by atoms with Crippen molar-refractivity contribution in [2.24, 2.45) is 0 Å². The van der Waals surface area contributed by atoms with E-state index in [9.17, 15) is 0 Å². The molecule has 0 aliphatic rings. The minimum Gasteiger partial charge on any atom is -0.366 e. The fourth-order valence-corrected chi connectivity index (χ4v) is 1.75. The van der Waals surface area contributed by atoms with Crippen molar-refractivity contribution in [2.45, 2.75) is 13.5 Å². The van der Waals surface area contributed by atoms with Crippen LogP contribution in [0.5, 0.6) is 0 Å². The number of nitrogens with one attached hydrogen (secondary N) is 2. The Labute approximate surface area is 82.0 Å². The summed E-state index contributed by atoms with van der Waals surface area (Å²) in [5.74, 6) is 0. The molecule has 1 rings (SSSR count). The summed E-state index contributed by atoms with van der Waals surface area (Å²) in [6.07, 6.45) is 0. The fourth-order valence-electron chi connectivity index (χ4n) is 0.834. The molecule has 0 saturated carbocycles. The number of rotatable bonds is 2. The van der Waals surface area contributed by atoms with Crippen molar-refractivity contribution in [3.05, 3.63) is 21.9 Å². The maximum absolute atomic E-state index is 4.95. The van der Waals surface area contributed by atoms with Gasteiger partial charge in [0.05, 0.1) is 6.54 Å². The van der Waals surface area contributed by atoms with E-state index in [0.717, 1.165) is 6.54 Å². The smallest absolute Gasteiger partial charge is 0.166 e. The summed E-state index contributed by atoms with van der Waals surface area (Å²) in [5.41, 5.74) is 1.33. The summed E-state index contributed by atoms with van der Waals surface area (Å²) in [6.45, 7) is 2.93. The van der Waals surface area contributed by atoms with Crippen molar-refractivity contribution in [3.8, 4) is 0 Å². The highest BCUT2D eigenvalue weighted by atomic mass is 32.1. The average molecular weight is 200 g/mol. The third kappa shape index (κ3) is 2.46. The normalized spacial score (nSPS) is 9.50. The van der Waals surface area contributed by atoms with Gasteiger partial charge in [-0.15, -0.1) is 11.3 Å². The lowest BCUT2D eigenvalue weighted by molar-refractivity contribution is 0.900. The molecule has 4 heteroatoms. The van der Waals surface area contributed by atoms with Crippen LogP contribution < -0.4 is 10.6 Å². The lowest BCUT2D eigenvalue weighted by Crippen LogP contribution is -2.31. The number of aryl methyl sites for hydroxylation is 1. The Morgan fingerprint density at radius 3 is 2.92 bits per heavy atom. The molecule has 0 spiro atoms. The molecule has 0 radical (unpaired) electrons. The van der Waals surface area contributed by atoms with E-state index in [1.54, 1.807) is 11.3 Å². The minimum absolute atomic E-state index is 0.697. The second kappa shape index (κ2) is 4.42. The molecule has 2 N–H and O–H groups in total. The summed E-state index contributed by atoms with van der Waals surface area (Å²) >= 11 is 6.71. The van der Waals surface area contributed by atoms with Gasteiger partial charge in [-0.3, -0.25) is 0 Å². The van der Waals surface area contributed by atoms with Gasteiger partial charge in [0.1, 0.15) is 0 Å². The van der Waals surface area contributed by atoms with Crippen molar-refractivity contribution in [3.63, 3.8) is 0 Å². The molecule has 0 saturated heterocycles. The van der Waals surface area contributed by atoms with Gasteiger partial charge in [0.2, 0.25) is 0 Å². The second-order valence-electron chi connectivity index (χ2n) is 2.46. The Hall–Kier alpha value is -0.610. The molecular weight excluding hydrogens is 188 g/mol. The first-order valence-electron chi connectivity index (χ1n) is 3.72. The van der Waals surface area contributed by atoms with E-state index >= 15 is 0 Å². The van der Waals surface area contributed by atoms with Gasteiger partial charge >= 0.3 is 0 Å². The maximum Gasteiger partial charge on any atom is 0.166 e. The standard InChI is InChI=1S/C8H12N2S2/c1-6-3-4-12-7(6)5-10-8(11)9-2/h3-4H,5H2,1-2H3,(H2,9,10,11). The molecule has 0 amide bonds. The highest BCUT2D eigenvalue weighted by Gasteiger charge is 1.98. The fraction of sp³-hybridized carbons (Fsp3) is 0.375. The lowest BCUT2D eigenvalue weighted by atomic mass is 10.3.